The van der Waals surface area contributed by atoms with Gasteiger partial charge in [-0.25, -0.2) is 0 Å². The molecule has 0 bridgehead atoms. The molecule has 0 aliphatic heterocycles. The van der Waals surface area contributed by atoms with E-state index in [-0.39, 0.29) is 0 Å². The number of aryl methyl sites for hydroxylation is 4. The molecule has 0 aliphatic carbocycles. The van der Waals surface area contributed by atoms with Gasteiger partial charge in [0, 0.05) is 26.0 Å². The van der Waals surface area contributed by atoms with Crippen molar-refractivity contribution in [3.8, 4) is 0 Å². The van der Waals surface area contributed by atoms with E-state index in [2.05, 4.69) is 72.7 Å². The van der Waals surface area contributed by atoms with Crippen LogP contribution in [0.1, 0.15) is 22.8 Å². The SMILES string of the molecule is Cc1cc(C)[n+](C)n1CCOCCn1c(C)cc(C)[n+]1C. The first-order valence-electron chi connectivity index (χ1n) is 7.55. The fourth-order valence-electron chi connectivity index (χ4n) is 2.85. The molecule has 5 nitrogen and oxygen atoms in total. The molecule has 0 aromatic carbocycles. The zero-order chi connectivity index (χ0) is 15.6. The number of hydrogen-bond acceptors (Lipinski definition) is 1. The van der Waals surface area contributed by atoms with Gasteiger partial charge >= 0.3 is 0 Å². The smallest absolute Gasteiger partial charge is 0.204 e. The zero-order valence-electron chi connectivity index (χ0n) is 14.2. The molecule has 0 radical (unpaired) electrons. The summed E-state index contributed by atoms with van der Waals surface area (Å²) in [5.41, 5.74) is 5.11. The molecule has 21 heavy (non-hydrogen) atoms. The summed E-state index contributed by atoms with van der Waals surface area (Å²) in [6.07, 6.45) is 0. The quantitative estimate of drug-likeness (QED) is 0.574. The Morgan fingerprint density at radius 2 is 1.19 bits per heavy atom. The van der Waals surface area contributed by atoms with Gasteiger partial charge in [-0.15, -0.1) is 9.36 Å². The molecule has 0 saturated heterocycles. The largest absolute Gasteiger partial charge is 0.377 e. The Labute approximate surface area is 127 Å². The molecule has 0 amide bonds. The maximum Gasteiger partial charge on any atom is 0.204 e. The van der Waals surface area contributed by atoms with Gasteiger partial charge in [0.1, 0.15) is 13.1 Å². The predicted molar refractivity (Wildman–Crippen MR) is 81.0 cm³/mol. The Morgan fingerprint density at radius 3 is 1.48 bits per heavy atom. The molecule has 0 spiro atoms. The van der Waals surface area contributed by atoms with Crippen LogP contribution in [0.25, 0.3) is 0 Å². The summed E-state index contributed by atoms with van der Waals surface area (Å²) >= 11 is 0. The normalized spacial score (nSPS) is 11.3. The lowest BCUT2D eigenvalue weighted by atomic mass is 10.4. The summed E-state index contributed by atoms with van der Waals surface area (Å²) < 4.78 is 14.7. The summed E-state index contributed by atoms with van der Waals surface area (Å²) in [5.74, 6) is 0. The minimum atomic E-state index is 0.742. The minimum absolute atomic E-state index is 0.742. The Balaban J connectivity index is 1.80. The van der Waals surface area contributed by atoms with Crippen LogP contribution in [0.4, 0.5) is 0 Å². The summed E-state index contributed by atoms with van der Waals surface area (Å²) in [6.45, 7) is 11.8. The van der Waals surface area contributed by atoms with Crippen LogP contribution in [0.5, 0.6) is 0 Å². The molecule has 2 aromatic heterocycles. The number of nitrogens with zero attached hydrogens (tertiary/aromatic N) is 4. The highest BCUT2D eigenvalue weighted by Gasteiger charge is 2.14. The second kappa shape index (κ2) is 6.43. The van der Waals surface area contributed by atoms with Crippen LogP contribution in [0.2, 0.25) is 0 Å². The highest BCUT2D eigenvalue weighted by atomic mass is 16.5. The van der Waals surface area contributed by atoms with Crippen LogP contribution >= 0.6 is 0 Å². The number of rotatable bonds is 6. The van der Waals surface area contributed by atoms with Crippen molar-refractivity contribution in [1.29, 1.82) is 0 Å². The van der Waals surface area contributed by atoms with Gasteiger partial charge in [-0.05, 0) is 13.8 Å². The average molecular weight is 292 g/mol. The number of ether oxygens (including phenoxy) is 1. The lowest BCUT2D eigenvalue weighted by molar-refractivity contribution is -0.759. The van der Waals surface area contributed by atoms with Crippen molar-refractivity contribution in [2.45, 2.75) is 40.8 Å². The summed E-state index contributed by atoms with van der Waals surface area (Å²) in [6, 6.07) is 4.40. The summed E-state index contributed by atoms with van der Waals surface area (Å²) in [5, 5.41) is 0. The molecule has 0 unspecified atom stereocenters. The van der Waals surface area contributed by atoms with Crippen LogP contribution in [0.3, 0.4) is 0 Å². The van der Waals surface area contributed by atoms with Crippen LogP contribution in [0, 0.1) is 27.7 Å². The molecular weight excluding hydrogens is 264 g/mol. The number of hydrogen-bond donors (Lipinski definition) is 0. The van der Waals surface area contributed by atoms with E-state index < -0.39 is 0 Å². The van der Waals surface area contributed by atoms with E-state index in [0.717, 1.165) is 26.3 Å². The van der Waals surface area contributed by atoms with Gasteiger partial charge < -0.3 is 4.74 Å². The molecule has 2 rings (SSSR count). The van der Waals surface area contributed by atoms with E-state index in [1.165, 1.54) is 22.8 Å². The third kappa shape index (κ3) is 3.35. The molecule has 0 atom stereocenters. The fraction of sp³-hybridized carbons (Fsp3) is 0.625. The van der Waals surface area contributed by atoms with E-state index in [4.69, 9.17) is 4.74 Å². The lowest BCUT2D eigenvalue weighted by Gasteiger charge is -2.06. The standard InChI is InChI=1S/C16H28N4O/c1-13-11-15(3)19(17(13)5)7-9-21-10-8-20-16(4)12-14(2)18(20)6/h11-12H,7-10H2,1-6H3/q+2. The van der Waals surface area contributed by atoms with Crippen LogP contribution in [-0.2, 0) is 31.9 Å². The lowest BCUT2D eigenvalue weighted by Crippen LogP contribution is -2.43. The summed E-state index contributed by atoms with van der Waals surface area (Å²) in [7, 11) is 4.18. The maximum absolute atomic E-state index is 5.81. The van der Waals surface area contributed by atoms with Gasteiger partial charge in [0.25, 0.3) is 0 Å². The second-order valence-electron chi connectivity index (χ2n) is 5.76. The van der Waals surface area contributed by atoms with Gasteiger partial charge in [0.2, 0.25) is 11.4 Å². The monoisotopic (exact) mass is 292 g/mol. The van der Waals surface area contributed by atoms with E-state index in [9.17, 15) is 0 Å². The third-order valence-corrected chi connectivity index (χ3v) is 4.29. The Morgan fingerprint density at radius 1 is 0.810 bits per heavy atom. The molecule has 5 heteroatoms. The minimum Gasteiger partial charge on any atom is -0.377 e. The zero-order valence-corrected chi connectivity index (χ0v) is 14.2. The van der Waals surface area contributed by atoms with E-state index in [1.54, 1.807) is 0 Å². The molecular formula is C16H28N4O+2. The first-order valence-corrected chi connectivity index (χ1v) is 7.55. The van der Waals surface area contributed by atoms with Crippen molar-refractivity contribution in [2.75, 3.05) is 13.2 Å². The third-order valence-electron chi connectivity index (χ3n) is 4.29. The van der Waals surface area contributed by atoms with Gasteiger partial charge in [-0.2, -0.15) is 9.36 Å². The van der Waals surface area contributed by atoms with Crippen molar-refractivity contribution >= 4 is 0 Å². The van der Waals surface area contributed by atoms with Crippen LogP contribution in [-0.4, -0.2) is 22.6 Å². The van der Waals surface area contributed by atoms with Gasteiger partial charge in [-0.1, -0.05) is 0 Å². The van der Waals surface area contributed by atoms with E-state index in [1.807, 2.05) is 0 Å². The highest BCUT2D eigenvalue weighted by Crippen LogP contribution is 2.00. The molecule has 2 aromatic rings. The average Bonchev–Trinajstić information content (AvgIpc) is 2.80. The highest BCUT2D eigenvalue weighted by molar-refractivity contribution is 5.01. The van der Waals surface area contributed by atoms with Crippen molar-refractivity contribution < 1.29 is 14.1 Å². The van der Waals surface area contributed by atoms with Crippen LogP contribution in [0.15, 0.2) is 12.1 Å². The Kier molecular flexibility index (Phi) is 4.83. The molecule has 0 aliphatic rings. The first-order chi connectivity index (χ1) is 9.91. The van der Waals surface area contributed by atoms with E-state index >= 15 is 0 Å². The maximum atomic E-state index is 5.81. The fourth-order valence-corrected chi connectivity index (χ4v) is 2.85. The van der Waals surface area contributed by atoms with E-state index in [0.29, 0.717) is 0 Å². The molecule has 0 N–H and O–H groups in total. The first kappa shape index (κ1) is 15.8. The predicted octanol–water partition coefficient (Wildman–Crippen LogP) is 0.889. The topological polar surface area (TPSA) is 26.8 Å². The Bertz CT molecular complexity index is 570. The van der Waals surface area contributed by atoms with Crippen molar-refractivity contribution in [2.24, 2.45) is 14.1 Å². The van der Waals surface area contributed by atoms with Gasteiger partial charge in [-0.3, -0.25) is 0 Å². The second-order valence-corrected chi connectivity index (χ2v) is 5.76. The van der Waals surface area contributed by atoms with Gasteiger partial charge in [0.05, 0.1) is 24.6 Å². The molecule has 0 fully saturated rings. The van der Waals surface area contributed by atoms with Crippen molar-refractivity contribution in [3.63, 3.8) is 0 Å². The molecule has 116 valence electrons. The number of aromatic nitrogens is 4. The molecule has 0 saturated carbocycles. The van der Waals surface area contributed by atoms with Crippen LogP contribution < -0.4 is 9.36 Å². The molecule has 2 heterocycles. The van der Waals surface area contributed by atoms with Crippen molar-refractivity contribution in [1.82, 2.24) is 9.36 Å². The van der Waals surface area contributed by atoms with Crippen molar-refractivity contribution in [3.05, 3.63) is 34.9 Å². The Hall–Kier alpha value is -1.62. The van der Waals surface area contributed by atoms with Gasteiger partial charge in [0.15, 0.2) is 14.1 Å². The summed E-state index contributed by atoms with van der Waals surface area (Å²) in [4.78, 5) is 0.